The van der Waals surface area contributed by atoms with Gasteiger partial charge in [-0.15, -0.1) is 0 Å². The van der Waals surface area contributed by atoms with E-state index in [0.29, 0.717) is 6.54 Å². The summed E-state index contributed by atoms with van der Waals surface area (Å²) in [4.78, 5) is 0.0506. The van der Waals surface area contributed by atoms with E-state index in [9.17, 15) is 8.42 Å². The molecule has 16 heavy (non-hydrogen) atoms. The Morgan fingerprint density at radius 3 is 2.69 bits per heavy atom. The summed E-state index contributed by atoms with van der Waals surface area (Å²) in [5.74, 6) is 0.190. The number of aryl methyl sites for hydroxylation is 1. The van der Waals surface area contributed by atoms with Gasteiger partial charge in [-0.05, 0) is 20.3 Å². The molecule has 0 amide bonds. The number of sulfonamides is 1. The molecule has 3 N–H and O–H groups in total. The Morgan fingerprint density at radius 2 is 2.19 bits per heavy atom. The summed E-state index contributed by atoms with van der Waals surface area (Å²) in [7, 11) is -3.55. The van der Waals surface area contributed by atoms with E-state index < -0.39 is 10.0 Å². The van der Waals surface area contributed by atoms with Crippen molar-refractivity contribution in [3.8, 4) is 0 Å². The van der Waals surface area contributed by atoms with Crippen molar-refractivity contribution in [2.24, 2.45) is 0 Å². The first kappa shape index (κ1) is 13.0. The Bertz CT molecular complexity index is 450. The van der Waals surface area contributed by atoms with Crippen LogP contribution in [0.15, 0.2) is 11.1 Å². The van der Waals surface area contributed by atoms with Crippen LogP contribution in [-0.2, 0) is 16.6 Å². The van der Waals surface area contributed by atoms with Crippen molar-refractivity contribution >= 4 is 15.8 Å². The highest BCUT2D eigenvalue weighted by Crippen LogP contribution is 2.17. The van der Waals surface area contributed by atoms with E-state index in [1.807, 2.05) is 6.92 Å². The highest BCUT2D eigenvalue weighted by molar-refractivity contribution is 7.89. The molecule has 92 valence electrons. The second-order valence-electron chi connectivity index (χ2n) is 3.89. The first-order chi connectivity index (χ1) is 7.38. The molecule has 1 rings (SSSR count). The summed E-state index contributed by atoms with van der Waals surface area (Å²) in [6.07, 6.45) is 2.14. The molecule has 0 unspecified atom stereocenters. The van der Waals surface area contributed by atoms with Crippen LogP contribution < -0.4 is 10.5 Å². The maximum Gasteiger partial charge on any atom is 0.246 e. The van der Waals surface area contributed by atoms with Crippen LogP contribution >= 0.6 is 0 Å². The van der Waals surface area contributed by atoms with Crippen LogP contribution in [-0.4, -0.2) is 24.2 Å². The average Bonchev–Trinajstić information content (AvgIpc) is 2.47. The van der Waals surface area contributed by atoms with Crippen LogP contribution in [0.25, 0.3) is 0 Å². The molecule has 0 saturated heterocycles. The molecule has 1 aromatic heterocycles. The van der Waals surface area contributed by atoms with Gasteiger partial charge in [0.25, 0.3) is 0 Å². The lowest BCUT2D eigenvalue weighted by atomic mass is 10.4. The van der Waals surface area contributed by atoms with E-state index in [1.165, 1.54) is 10.9 Å². The molecular weight excluding hydrogens is 228 g/mol. The number of rotatable bonds is 5. The number of anilines is 1. The first-order valence-corrected chi connectivity index (χ1v) is 6.70. The van der Waals surface area contributed by atoms with Crippen LogP contribution in [0.3, 0.4) is 0 Å². The zero-order valence-electron chi connectivity index (χ0n) is 9.77. The smallest absolute Gasteiger partial charge is 0.246 e. The Balaban J connectivity index is 3.05. The fourth-order valence-corrected chi connectivity index (χ4v) is 2.66. The minimum Gasteiger partial charge on any atom is -0.383 e. The van der Waals surface area contributed by atoms with Gasteiger partial charge in [-0.25, -0.2) is 17.8 Å². The molecule has 1 heterocycles. The Labute approximate surface area is 95.9 Å². The van der Waals surface area contributed by atoms with Gasteiger partial charge in [-0.2, -0.15) is 5.10 Å². The minimum atomic E-state index is -3.55. The summed E-state index contributed by atoms with van der Waals surface area (Å²) in [6.45, 7) is 6.10. The van der Waals surface area contributed by atoms with E-state index >= 15 is 0 Å². The number of nitrogens with zero attached hydrogens (tertiary/aromatic N) is 2. The highest BCUT2D eigenvalue weighted by atomic mass is 32.2. The molecule has 1 aromatic rings. The fourth-order valence-electron chi connectivity index (χ4n) is 1.35. The normalized spacial score (nSPS) is 12.2. The predicted octanol–water partition coefficient (Wildman–Crippen LogP) is 0.562. The Kier molecular flexibility index (Phi) is 3.93. The number of nitrogen functional groups attached to an aromatic ring is 1. The SMILES string of the molecule is CCCn1ncc(S(=O)(=O)NC(C)C)c1N. The maximum absolute atomic E-state index is 11.8. The molecule has 0 spiro atoms. The van der Waals surface area contributed by atoms with Crippen molar-refractivity contribution in [3.63, 3.8) is 0 Å². The molecule has 0 fully saturated rings. The fraction of sp³-hybridized carbons (Fsp3) is 0.667. The molecule has 0 saturated carbocycles. The molecule has 0 aromatic carbocycles. The molecule has 0 radical (unpaired) electrons. The zero-order valence-corrected chi connectivity index (χ0v) is 10.6. The lowest BCUT2D eigenvalue weighted by Crippen LogP contribution is -2.30. The van der Waals surface area contributed by atoms with Gasteiger partial charge < -0.3 is 5.73 Å². The Morgan fingerprint density at radius 1 is 1.56 bits per heavy atom. The molecule has 0 aliphatic heterocycles. The van der Waals surface area contributed by atoms with E-state index in [1.54, 1.807) is 13.8 Å². The molecule has 0 aliphatic rings. The summed E-state index contributed by atoms with van der Waals surface area (Å²) >= 11 is 0. The summed E-state index contributed by atoms with van der Waals surface area (Å²) < 4.78 is 27.6. The number of nitrogens with two attached hydrogens (primary N) is 1. The van der Waals surface area contributed by atoms with Crippen molar-refractivity contribution in [3.05, 3.63) is 6.20 Å². The van der Waals surface area contributed by atoms with E-state index in [2.05, 4.69) is 9.82 Å². The molecule has 0 aliphatic carbocycles. The maximum atomic E-state index is 11.8. The zero-order chi connectivity index (χ0) is 12.3. The van der Waals surface area contributed by atoms with Gasteiger partial charge in [0.05, 0.1) is 6.20 Å². The van der Waals surface area contributed by atoms with E-state index in [0.717, 1.165) is 6.42 Å². The van der Waals surface area contributed by atoms with Crippen LogP contribution in [0.1, 0.15) is 27.2 Å². The van der Waals surface area contributed by atoms with Gasteiger partial charge in [-0.1, -0.05) is 6.92 Å². The van der Waals surface area contributed by atoms with Gasteiger partial charge in [0.2, 0.25) is 10.0 Å². The third-order valence-corrected chi connectivity index (χ3v) is 3.64. The van der Waals surface area contributed by atoms with Gasteiger partial charge >= 0.3 is 0 Å². The second kappa shape index (κ2) is 4.84. The molecule has 7 heteroatoms. The molecule has 6 nitrogen and oxygen atoms in total. The van der Waals surface area contributed by atoms with Gasteiger partial charge in [-0.3, -0.25) is 0 Å². The Hall–Kier alpha value is -1.08. The van der Waals surface area contributed by atoms with E-state index in [4.69, 9.17) is 5.73 Å². The van der Waals surface area contributed by atoms with Crippen molar-refractivity contribution in [1.29, 1.82) is 0 Å². The van der Waals surface area contributed by atoms with Gasteiger partial charge in [0.1, 0.15) is 10.7 Å². The lowest BCUT2D eigenvalue weighted by Gasteiger charge is -2.08. The standard InChI is InChI=1S/C9H18N4O2S/c1-4-5-13-9(10)8(6-11-13)16(14,15)12-7(2)3/h6-7,12H,4-5,10H2,1-3H3. The topological polar surface area (TPSA) is 90.0 Å². The molecular formula is C9H18N4O2S. The summed E-state index contributed by atoms with van der Waals surface area (Å²) in [5.41, 5.74) is 5.73. The number of hydrogen-bond donors (Lipinski definition) is 2. The average molecular weight is 246 g/mol. The van der Waals surface area contributed by atoms with Crippen LogP contribution in [0.5, 0.6) is 0 Å². The number of hydrogen-bond acceptors (Lipinski definition) is 4. The van der Waals surface area contributed by atoms with Crippen molar-refractivity contribution in [1.82, 2.24) is 14.5 Å². The lowest BCUT2D eigenvalue weighted by molar-refractivity contribution is 0.569. The number of aromatic nitrogens is 2. The van der Waals surface area contributed by atoms with Crippen molar-refractivity contribution < 1.29 is 8.42 Å². The van der Waals surface area contributed by atoms with Gasteiger partial charge in [0, 0.05) is 12.6 Å². The van der Waals surface area contributed by atoms with Crippen molar-refractivity contribution in [2.75, 3.05) is 5.73 Å². The quantitative estimate of drug-likeness (QED) is 0.794. The third kappa shape index (κ3) is 2.73. The largest absolute Gasteiger partial charge is 0.383 e. The highest BCUT2D eigenvalue weighted by Gasteiger charge is 2.21. The summed E-state index contributed by atoms with van der Waals surface area (Å²) in [6, 6.07) is -0.168. The third-order valence-electron chi connectivity index (χ3n) is 1.96. The second-order valence-corrected chi connectivity index (χ2v) is 5.58. The minimum absolute atomic E-state index is 0.0506. The predicted molar refractivity (Wildman–Crippen MR) is 62.4 cm³/mol. The number of nitrogens with one attached hydrogen (secondary N) is 1. The molecule has 0 atom stereocenters. The van der Waals surface area contributed by atoms with Crippen LogP contribution in [0.4, 0.5) is 5.82 Å². The first-order valence-electron chi connectivity index (χ1n) is 5.22. The summed E-state index contributed by atoms with van der Waals surface area (Å²) in [5, 5.41) is 3.95. The van der Waals surface area contributed by atoms with E-state index in [-0.39, 0.29) is 16.8 Å². The monoisotopic (exact) mass is 246 g/mol. The van der Waals surface area contributed by atoms with Crippen LogP contribution in [0.2, 0.25) is 0 Å². The van der Waals surface area contributed by atoms with Crippen LogP contribution in [0, 0.1) is 0 Å². The van der Waals surface area contributed by atoms with Crippen molar-refractivity contribution in [2.45, 2.75) is 44.7 Å². The molecule has 0 bridgehead atoms. The van der Waals surface area contributed by atoms with Gasteiger partial charge in [0.15, 0.2) is 0 Å².